The Bertz CT molecular complexity index is 1400. The van der Waals surface area contributed by atoms with Crippen LogP contribution in [-0.2, 0) is 17.6 Å². The Labute approximate surface area is 227 Å². The summed E-state index contributed by atoms with van der Waals surface area (Å²) in [5, 5.41) is 6.26. The number of aromatic amines is 1. The van der Waals surface area contributed by atoms with Gasteiger partial charge in [0.1, 0.15) is 23.8 Å². The highest BCUT2D eigenvalue weighted by Crippen LogP contribution is 2.41. The number of H-pyrrole nitrogens is 1. The van der Waals surface area contributed by atoms with Gasteiger partial charge in [0, 0.05) is 48.2 Å². The van der Waals surface area contributed by atoms with Gasteiger partial charge in [-0.1, -0.05) is 13.0 Å². The SMILES string of the molecule is CCc1c(F)cccc1Nc1c(-c2ccncc2OC[C@@H]2CCN2C(=O)OC(C)(C)C)[nH]c2c1C(=O)NCC2. The third-order valence-electron chi connectivity index (χ3n) is 6.95. The molecule has 0 spiro atoms. The molecule has 1 atom stereocenters. The van der Waals surface area contributed by atoms with Crippen molar-refractivity contribution in [3.63, 3.8) is 0 Å². The fourth-order valence-electron chi connectivity index (χ4n) is 4.94. The van der Waals surface area contributed by atoms with E-state index in [1.807, 2.05) is 33.8 Å². The predicted octanol–water partition coefficient (Wildman–Crippen LogP) is 5.20. The average Bonchev–Trinajstić information content (AvgIpc) is 3.22. The van der Waals surface area contributed by atoms with Crippen LogP contribution in [0.3, 0.4) is 0 Å². The van der Waals surface area contributed by atoms with E-state index in [4.69, 9.17) is 9.47 Å². The van der Waals surface area contributed by atoms with E-state index < -0.39 is 5.60 Å². The lowest BCUT2D eigenvalue weighted by atomic mass is 10.0. The van der Waals surface area contributed by atoms with Crippen LogP contribution >= 0.6 is 0 Å². The first-order chi connectivity index (χ1) is 18.7. The number of carbonyl (C=O) groups is 2. The summed E-state index contributed by atoms with van der Waals surface area (Å²) < 4.78 is 26.3. The van der Waals surface area contributed by atoms with Crippen molar-refractivity contribution >= 4 is 23.4 Å². The molecule has 0 radical (unpaired) electrons. The van der Waals surface area contributed by atoms with Gasteiger partial charge in [0.25, 0.3) is 5.91 Å². The largest absolute Gasteiger partial charge is 0.489 e. The Morgan fingerprint density at radius 2 is 2.10 bits per heavy atom. The zero-order valence-corrected chi connectivity index (χ0v) is 22.7. The van der Waals surface area contributed by atoms with Gasteiger partial charge in [0.2, 0.25) is 0 Å². The summed E-state index contributed by atoms with van der Waals surface area (Å²) in [6, 6.07) is 6.57. The molecular weight excluding hydrogens is 501 g/mol. The molecule has 1 aromatic carbocycles. The number of carbonyl (C=O) groups excluding carboxylic acids is 2. The number of aromatic nitrogens is 2. The first-order valence-electron chi connectivity index (χ1n) is 13.3. The van der Waals surface area contributed by atoms with Gasteiger partial charge < -0.3 is 30.0 Å². The van der Waals surface area contributed by atoms with Crippen molar-refractivity contribution in [2.24, 2.45) is 0 Å². The summed E-state index contributed by atoms with van der Waals surface area (Å²) in [6.07, 6.45) is 4.84. The average molecular weight is 536 g/mol. The molecule has 0 unspecified atom stereocenters. The van der Waals surface area contributed by atoms with Crippen LogP contribution in [0.2, 0.25) is 0 Å². The molecule has 2 aliphatic heterocycles. The number of hydrogen-bond acceptors (Lipinski definition) is 6. The van der Waals surface area contributed by atoms with E-state index >= 15 is 0 Å². The first-order valence-corrected chi connectivity index (χ1v) is 13.3. The topological polar surface area (TPSA) is 109 Å². The molecule has 10 heteroatoms. The van der Waals surface area contributed by atoms with Gasteiger partial charge in [-0.05, 0) is 51.8 Å². The molecule has 39 heavy (non-hydrogen) atoms. The number of hydrogen-bond donors (Lipinski definition) is 3. The summed E-state index contributed by atoms with van der Waals surface area (Å²) in [5.41, 5.74) is 3.76. The van der Waals surface area contributed by atoms with E-state index in [-0.39, 0.29) is 30.5 Å². The molecule has 0 aliphatic carbocycles. The number of rotatable bonds is 7. The number of amides is 2. The van der Waals surface area contributed by atoms with Crippen LogP contribution in [0.4, 0.5) is 20.6 Å². The zero-order chi connectivity index (χ0) is 27.7. The molecule has 4 heterocycles. The predicted molar refractivity (Wildman–Crippen MR) is 146 cm³/mol. The maximum absolute atomic E-state index is 14.6. The van der Waals surface area contributed by atoms with Gasteiger partial charge in [-0.15, -0.1) is 0 Å². The van der Waals surface area contributed by atoms with E-state index in [2.05, 4.69) is 20.6 Å². The number of nitrogens with one attached hydrogen (secondary N) is 3. The Balaban J connectivity index is 1.46. The standard InChI is InChI=1S/C29H34FN5O4/c1-5-18-20(30)7-6-8-21(18)33-26-24-22(10-13-32-27(24)36)34-25(26)19-9-12-31-15-23(19)38-16-17-11-14-35(17)28(37)39-29(2,3)4/h6-9,12,15,17,33-34H,5,10-11,13-14,16H2,1-4H3,(H,32,36)/t17-/m0/s1. The minimum absolute atomic E-state index is 0.118. The van der Waals surface area contributed by atoms with Crippen molar-refractivity contribution in [2.75, 3.05) is 25.0 Å². The van der Waals surface area contributed by atoms with Crippen LogP contribution in [0, 0.1) is 5.82 Å². The number of fused-ring (bicyclic) bond motifs is 1. The lowest BCUT2D eigenvalue weighted by Gasteiger charge is -2.41. The maximum Gasteiger partial charge on any atom is 0.410 e. The molecule has 1 fully saturated rings. The second-order valence-corrected chi connectivity index (χ2v) is 10.8. The lowest BCUT2D eigenvalue weighted by molar-refractivity contribution is -0.0141. The van der Waals surface area contributed by atoms with Crippen LogP contribution < -0.4 is 15.4 Å². The van der Waals surface area contributed by atoms with Crippen LogP contribution in [0.15, 0.2) is 36.7 Å². The number of likely N-dealkylation sites (tertiary alicyclic amines) is 1. The molecule has 0 bridgehead atoms. The van der Waals surface area contributed by atoms with Crippen molar-refractivity contribution in [1.82, 2.24) is 20.2 Å². The van der Waals surface area contributed by atoms with Crippen molar-refractivity contribution in [3.8, 4) is 17.0 Å². The Morgan fingerprint density at radius 1 is 1.28 bits per heavy atom. The number of benzene rings is 1. The van der Waals surface area contributed by atoms with Crippen LogP contribution in [0.25, 0.3) is 11.3 Å². The number of pyridine rings is 1. The van der Waals surface area contributed by atoms with Gasteiger partial charge in [-0.3, -0.25) is 9.78 Å². The van der Waals surface area contributed by atoms with Gasteiger partial charge in [0.05, 0.1) is 29.2 Å². The highest BCUT2D eigenvalue weighted by atomic mass is 19.1. The third-order valence-corrected chi connectivity index (χ3v) is 6.95. The molecule has 2 aliphatic rings. The molecule has 3 aromatic rings. The van der Waals surface area contributed by atoms with Crippen molar-refractivity contribution in [3.05, 3.63) is 59.3 Å². The zero-order valence-electron chi connectivity index (χ0n) is 22.7. The quantitative estimate of drug-likeness (QED) is 0.384. The number of halogens is 1. The van der Waals surface area contributed by atoms with Gasteiger partial charge in [-0.25, -0.2) is 9.18 Å². The highest BCUT2D eigenvalue weighted by Gasteiger charge is 2.36. The summed E-state index contributed by atoms with van der Waals surface area (Å²) in [4.78, 5) is 34.9. The fourth-order valence-corrected chi connectivity index (χ4v) is 4.94. The van der Waals surface area contributed by atoms with Gasteiger partial charge >= 0.3 is 6.09 Å². The van der Waals surface area contributed by atoms with Crippen molar-refractivity contribution < 1.29 is 23.5 Å². The molecule has 3 N–H and O–H groups in total. The minimum atomic E-state index is -0.573. The van der Waals surface area contributed by atoms with Crippen molar-refractivity contribution in [1.29, 1.82) is 0 Å². The summed E-state index contributed by atoms with van der Waals surface area (Å²) in [6.45, 7) is 8.81. The Hall–Kier alpha value is -4.08. The Kier molecular flexibility index (Phi) is 7.20. The maximum atomic E-state index is 14.6. The third kappa shape index (κ3) is 5.41. The summed E-state index contributed by atoms with van der Waals surface area (Å²) >= 11 is 0. The number of nitrogens with zero attached hydrogens (tertiary/aromatic N) is 2. The van der Waals surface area contributed by atoms with E-state index in [1.165, 1.54) is 6.07 Å². The molecule has 9 nitrogen and oxygen atoms in total. The van der Waals surface area contributed by atoms with E-state index in [9.17, 15) is 14.0 Å². The molecular formula is C29H34FN5O4. The van der Waals surface area contributed by atoms with E-state index in [0.717, 1.165) is 12.1 Å². The number of anilines is 2. The molecule has 206 valence electrons. The van der Waals surface area contributed by atoms with Crippen LogP contribution in [0.5, 0.6) is 5.75 Å². The van der Waals surface area contributed by atoms with E-state index in [0.29, 0.717) is 65.4 Å². The smallest absolute Gasteiger partial charge is 0.410 e. The Morgan fingerprint density at radius 3 is 2.82 bits per heavy atom. The summed E-state index contributed by atoms with van der Waals surface area (Å²) in [7, 11) is 0. The van der Waals surface area contributed by atoms with Crippen LogP contribution in [-0.4, -0.2) is 58.2 Å². The fraction of sp³-hybridized carbons (Fsp3) is 0.414. The summed E-state index contributed by atoms with van der Waals surface area (Å²) in [5.74, 6) is 0.00104. The molecule has 0 saturated carbocycles. The first kappa shape index (κ1) is 26.5. The monoisotopic (exact) mass is 535 g/mol. The van der Waals surface area contributed by atoms with E-state index in [1.54, 1.807) is 29.4 Å². The number of ether oxygens (including phenoxy) is 2. The molecule has 2 aromatic heterocycles. The molecule has 5 rings (SSSR count). The van der Waals surface area contributed by atoms with Gasteiger partial charge in [-0.2, -0.15) is 0 Å². The van der Waals surface area contributed by atoms with Gasteiger partial charge in [0.15, 0.2) is 0 Å². The normalized spacial score (nSPS) is 16.7. The molecule has 1 saturated heterocycles. The minimum Gasteiger partial charge on any atom is -0.489 e. The molecule has 2 amide bonds. The second-order valence-electron chi connectivity index (χ2n) is 10.8. The lowest BCUT2D eigenvalue weighted by Crippen LogP contribution is -2.55. The van der Waals surface area contributed by atoms with Crippen molar-refractivity contribution in [2.45, 2.75) is 58.6 Å². The second kappa shape index (κ2) is 10.6. The van der Waals surface area contributed by atoms with Crippen LogP contribution in [0.1, 0.15) is 55.7 Å². The highest BCUT2D eigenvalue weighted by molar-refractivity contribution is 6.06.